The SMILES string of the molecule is CC.O.O.S. The fourth-order valence-corrected chi connectivity index (χ4v) is 0. The first kappa shape index (κ1) is 59.6. The summed E-state index contributed by atoms with van der Waals surface area (Å²) in [4.78, 5) is 0. The van der Waals surface area contributed by atoms with Gasteiger partial charge >= 0.3 is 0 Å². The van der Waals surface area contributed by atoms with Crippen LogP contribution in [-0.4, -0.2) is 11.0 Å². The smallest absolute Gasteiger partial charge is 0.0683 e. The minimum Gasteiger partial charge on any atom is -0.412 e. The van der Waals surface area contributed by atoms with Gasteiger partial charge in [0.15, 0.2) is 0 Å². The second-order valence-corrected chi connectivity index (χ2v) is 0. The van der Waals surface area contributed by atoms with E-state index in [1.807, 2.05) is 13.8 Å². The van der Waals surface area contributed by atoms with Crippen LogP contribution in [0.15, 0.2) is 0 Å². The highest BCUT2D eigenvalue weighted by molar-refractivity contribution is 7.59. The van der Waals surface area contributed by atoms with Crippen LogP contribution in [0.4, 0.5) is 0 Å². The fraction of sp³-hybridized carbons (Fsp3) is 1.00. The summed E-state index contributed by atoms with van der Waals surface area (Å²) in [5.41, 5.74) is 0. The highest BCUT2D eigenvalue weighted by Gasteiger charge is 0.932. The van der Waals surface area contributed by atoms with Crippen molar-refractivity contribution in [2.45, 2.75) is 13.8 Å². The first-order valence-corrected chi connectivity index (χ1v) is 1.00. The van der Waals surface area contributed by atoms with Gasteiger partial charge in [0.05, 0.1) is 0 Å². The van der Waals surface area contributed by atoms with Gasteiger partial charge in [-0.05, 0) is 0 Å². The van der Waals surface area contributed by atoms with Gasteiger partial charge in [0.25, 0.3) is 0 Å². The Balaban J connectivity index is -0.00000000167. The summed E-state index contributed by atoms with van der Waals surface area (Å²) >= 11 is 0. The van der Waals surface area contributed by atoms with E-state index < -0.39 is 0 Å². The first-order chi connectivity index (χ1) is 1.00. The Kier molecular flexibility index (Phi) is 7460. The molecule has 3 heteroatoms. The lowest BCUT2D eigenvalue weighted by atomic mass is 11.0. The quantitative estimate of drug-likeness (QED) is 0.393. The Morgan fingerprint density at radius 3 is 0.800 bits per heavy atom. The summed E-state index contributed by atoms with van der Waals surface area (Å²) in [7, 11) is 0. The van der Waals surface area contributed by atoms with Crippen LogP contribution in [0.1, 0.15) is 13.8 Å². The molecule has 0 aliphatic heterocycles. The average molecular weight is 100 g/mol. The molecule has 0 radical (unpaired) electrons. The van der Waals surface area contributed by atoms with E-state index in [1.165, 1.54) is 0 Å². The van der Waals surface area contributed by atoms with Crippen LogP contribution in [0.5, 0.6) is 0 Å². The van der Waals surface area contributed by atoms with Crippen molar-refractivity contribution in [2.24, 2.45) is 0 Å². The van der Waals surface area contributed by atoms with Gasteiger partial charge in [0.2, 0.25) is 0 Å². The van der Waals surface area contributed by atoms with Crippen molar-refractivity contribution in [1.29, 1.82) is 0 Å². The maximum Gasteiger partial charge on any atom is -0.0683 e. The molecule has 4 N–H and O–H groups in total. The topological polar surface area (TPSA) is 63.0 Å². The number of rotatable bonds is 0. The lowest BCUT2D eigenvalue weighted by Crippen LogP contribution is -0.856. The van der Waals surface area contributed by atoms with Crippen molar-refractivity contribution in [2.75, 3.05) is 0 Å². The van der Waals surface area contributed by atoms with Gasteiger partial charge in [0.1, 0.15) is 0 Å². The molecule has 0 saturated carbocycles. The van der Waals surface area contributed by atoms with Crippen molar-refractivity contribution in [3.63, 3.8) is 0 Å². The Morgan fingerprint density at radius 1 is 0.800 bits per heavy atom. The van der Waals surface area contributed by atoms with Crippen LogP contribution in [0, 0.1) is 0 Å². The molecule has 0 heterocycles. The van der Waals surface area contributed by atoms with Gasteiger partial charge in [-0.25, -0.2) is 0 Å². The summed E-state index contributed by atoms with van der Waals surface area (Å²) in [6, 6.07) is 0. The summed E-state index contributed by atoms with van der Waals surface area (Å²) in [5.74, 6) is 0. The molecule has 0 aliphatic rings. The molecule has 0 saturated heterocycles. The third kappa shape index (κ3) is 302. The van der Waals surface area contributed by atoms with E-state index in [-0.39, 0.29) is 24.4 Å². The second-order valence-electron chi connectivity index (χ2n) is 0. The highest BCUT2D eigenvalue weighted by atomic mass is 32.1. The van der Waals surface area contributed by atoms with Gasteiger partial charge in [-0.3, -0.25) is 0 Å². The van der Waals surface area contributed by atoms with E-state index in [4.69, 9.17) is 0 Å². The predicted molar refractivity (Wildman–Crippen MR) is 29.0 cm³/mol. The molecule has 38 valence electrons. The van der Waals surface area contributed by atoms with Gasteiger partial charge in [-0.1, -0.05) is 13.8 Å². The molecule has 0 rings (SSSR count). The van der Waals surface area contributed by atoms with Crippen molar-refractivity contribution >= 4 is 13.5 Å². The molecule has 0 unspecified atom stereocenters. The average Bonchev–Trinajstić information content (AvgIpc) is 1.00. The predicted octanol–water partition coefficient (Wildman–Crippen LogP) is -0.510. The highest BCUT2D eigenvalue weighted by Crippen LogP contribution is 1.14. The summed E-state index contributed by atoms with van der Waals surface area (Å²) in [5, 5.41) is 0. The maximum atomic E-state index is 2.00. The molecule has 0 aliphatic carbocycles. The van der Waals surface area contributed by atoms with Crippen LogP contribution in [0.3, 0.4) is 0 Å². The van der Waals surface area contributed by atoms with Crippen LogP contribution >= 0.6 is 13.5 Å². The minimum atomic E-state index is 0. The molecule has 0 aromatic heterocycles. The molecule has 0 bridgehead atoms. The van der Waals surface area contributed by atoms with Crippen LogP contribution < -0.4 is 0 Å². The lowest BCUT2D eigenvalue weighted by molar-refractivity contribution is 0.823. The van der Waals surface area contributed by atoms with Crippen LogP contribution in [-0.2, 0) is 0 Å². The van der Waals surface area contributed by atoms with E-state index >= 15 is 0 Å². The second kappa shape index (κ2) is 626. The lowest BCUT2D eigenvalue weighted by Gasteiger charge is -1.07. The van der Waals surface area contributed by atoms with Crippen LogP contribution in [0.25, 0.3) is 0 Å². The Morgan fingerprint density at radius 2 is 0.800 bits per heavy atom. The zero-order chi connectivity index (χ0) is 2.00. The van der Waals surface area contributed by atoms with Gasteiger partial charge in [0, 0.05) is 0 Å². The third-order valence-corrected chi connectivity index (χ3v) is 0. The zero-order valence-corrected chi connectivity index (χ0v) is 4.50. The monoisotopic (exact) mass is 100 g/mol. The normalized spacial score (nSPS) is 1.20. The van der Waals surface area contributed by atoms with Gasteiger partial charge in [-0.2, -0.15) is 13.5 Å². The van der Waals surface area contributed by atoms with Crippen molar-refractivity contribution < 1.29 is 11.0 Å². The van der Waals surface area contributed by atoms with E-state index in [1.54, 1.807) is 0 Å². The molecule has 0 aromatic rings. The molecule has 0 spiro atoms. The molecule has 0 fully saturated rings. The zero-order valence-electron chi connectivity index (χ0n) is 3.50. The van der Waals surface area contributed by atoms with Crippen molar-refractivity contribution in [1.82, 2.24) is 0 Å². The molecule has 5 heavy (non-hydrogen) atoms. The first-order valence-electron chi connectivity index (χ1n) is 1.00. The van der Waals surface area contributed by atoms with Crippen LogP contribution in [0.2, 0.25) is 0 Å². The minimum absolute atomic E-state index is 0. The molecular weight excluding hydrogens is 88.1 g/mol. The van der Waals surface area contributed by atoms with E-state index in [9.17, 15) is 0 Å². The van der Waals surface area contributed by atoms with Crippen molar-refractivity contribution in [3.05, 3.63) is 0 Å². The van der Waals surface area contributed by atoms with E-state index in [2.05, 4.69) is 0 Å². The largest absolute Gasteiger partial charge is 0.412 e. The Hall–Kier alpha value is 0.270. The number of hydrogen-bond donors (Lipinski definition) is 0. The standard InChI is InChI=1S/C2H6.2H2O.H2S/c1-2;;;/h1-2H3;3*1H2. The summed E-state index contributed by atoms with van der Waals surface area (Å²) < 4.78 is 0. The van der Waals surface area contributed by atoms with E-state index in [0.29, 0.717) is 0 Å². The Labute approximate surface area is 39.3 Å². The van der Waals surface area contributed by atoms with Crippen molar-refractivity contribution in [3.8, 4) is 0 Å². The van der Waals surface area contributed by atoms with Gasteiger partial charge < -0.3 is 11.0 Å². The molecular formula is C2H12O2S. The molecule has 0 atom stereocenters. The molecule has 2 nitrogen and oxygen atoms in total. The molecule has 0 aromatic carbocycles. The fourth-order valence-electron chi connectivity index (χ4n) is 0. The Bertz CT molecular complexity index is 7.61. The third-order valence-electron chi connectivity index (χ3n) is 0. The number of hydrogen-bond acceptors (Lipinski definition) is 0. The van der Waals surface area contributed by atoms with Gasteiger partial charge in [-0.15, -0.1) is 0 Å². The molecule has 0 amide bonds. The van der Waals surface area contributed by atoms with E-state index in [0.717, 1.165) is 0 Å². The summed E-state index contributed by atoms with van der Waals surface area (Å²) in [6.45, 7) is 4.00. The summed E-state index contributed by atoms with van der Waals surface area (Å²) in [6.07, 6.45) is 0. The maximum absolute atomic E-state index is 2.00.